The van der Waals surface area contributed by atoms with Crippen molar-refractivity contribution in [2.24, 2.45) is 0 Å². The zero-order valence-corrected chi connectivity index (χ0v) is 21.1. The van der Waals surface area contributed by atoms with Gasteiger partial charge in [-0.3, -0.25) is 9.69 Å². The Hall–Kier alpha value is -3.77. The number of aryl methyl sites for hydroxylation is 1. The second-order valence-corrected chi connectivity index (χ2v) is 8.66. The van der Waals surface area contributed by atoms with E-state index in [4.69, 9.17) is 21.1 Å². The predicted molar refractivity (Wildman–Crippen MR) is 138 cm³/mol. The van der Waals surface area contributed by atoms with Crippen LogP contribution in [0.2, 0.25) is 5.02 Å². The maximum absolute atomic E-state index is 13.6. The number of carbonyl (C=O) groups is 2. The minimum Gasteiger partial charge on any atom is -0.494 e. The van der Waals surface area contributed by atoms with Gasteiger partial charge in [0.25, 0.3) is 5.91 Å². The number of methoxy groups -OCH3 is 1. The summed E-state index contributed by atoms with van der Waals surface area (Å²) < 4.78 is 12.7. The Morgan fingerprint density at radius 3 is 2.37 bits per heavy atom. The summed E-state index contributed by atoms with van der Waals surface area (Å²) in [6.45, 7) is 8.27. The van der Waals surface area contributed by atoms with E-state index in [-0.39, 0.29) is 17.1 Å². The van der Waals surface area contributed by atoms with Gasteiger partial charge in [0, 0.05) is 27.8 Å². The van der Waals surface area contributed by atoms with Crippen LogP contribution in [0, 0.1) is 13.8 Å². The van der Waals surface area contributed by atoms with Crippen molar-refractivity contribution in [2.45, 2.75) is 27.7 Å². The lowest BCUT2D eigenvalue weighted by Gasteiger charge is -2.18. The second kappa shape index (κ2) is 9.84. The Morgan fingerprint density at radius 1 is 1.03 bits per heavy atom. The highest BCUT2D eigenvalue weighted by atomic mass is 35.5. The molecule has 180 valence electrons. The minimum absolute atomic E-state index is 0.239. The van der Waals surface area contributed by atoms with E-state index in [1.165, 1.54) is 12.0 Å². The summed E-state index contributed by atoms with van der Waals surface area (Å²) in [6.07, 6.45) is 1.76. The Kier molecular flexibility index (Phi) is 6.85. The lowest BCUT2D eigenvalue weighted by atomic mass is 10.0. The third-order valence-corrected chi connectivity index (χ3v) is 6.27. The lowest BCUT2D eigenvalue weighted by molar-refractivity contribution is -0.136. The molecule has 0 aliphatic carbocycles. The highest BCUT2D eigenvalue weighted by Gasteiger charge is 2.38. The van der Waals surface area contributed by atoms with Gasteiger partial charge in [-0.1, -0.05) is 17.7 Å². The number of carbonyl (C=O) groups excluding carboxylic acids is 2. The fraction of sp³-hybridized carbons (Fsp3) is 0.214. The van der Waals surface area contributed by atoms with Gasteiger partial charge in [-0.05, 0) is 87.9 Å². The van der Waals surface area contributed by atoms with E-state index in [1.807, 2.05) is 51.1 Å². The lowest BCUT2D eigenvalue weighted by Crippen LogP contribution is -2.24. The molecule has 4 rings (SSSR count). The van der Waals surface area contributed by atoms with E-state index < -0.39 is 5.97 Å². The molecule has 0 fully saturated rings. The van der Waals surface area contributed by atoms with Gasteiger partial charge in [-0.15, -0.1) is 0 Å². The molecular weight excluding hydrogens is 464 g/mol. The molecule has 1 amide bonds. The molecule has 1 aliphatic heterocycles. The molecule has 0 radical (unpaired) electrons. The van der Waals surface area contributed by atoms with Crippen LogP contribution in [0.15, 0.2) is 71.4 Å². The summed E-state index contributed by atoms with van der Waals surface area (Å²) >= 11 is 6.17. The molecule has 0 atom stereocenters. The summed E-state index contributed by atoms with van der Waals surface area (Å²) in [7, 11) is 1.31. The van der Waals surface area contributed by atoms with Gasteiger partial charge < -0.3 is 14.0 Å². The predicted octanol–water partition coefficient (Wildman–Crippen LogP) is 6.02. The Labute approximate surface area is 210 Å². The van der Waals surface area contributed by atoms with Crippen LogP contribution < -0.4 is 9.64 Å². The number of benzene rings is 2. The first kappa shape index (κ1) is 24.4. The molecule has 0 spiro atoms. The monoisotopic (exact) mass is 490 g/mol. The Bertz CT molecular complexity index is 1370. The highest BCUT2D eigenvalue weighted by Crippen LogP contribution is 2.37. The average Bonchev–Trinajstić information content (AvgIpc) is 3.25. The first-order chi connectivity index (χ1) is 16.8. The zero-order valence-electron chi connectivity index (χ0n) is 20.4. The number of nitrogens with zero attached hydrogens (tertiary/aromatic N) is 2. The molecule has 6 nitrogen and oxygen atoms in total. The van der Waals surface area contributed by atoms with E-state index in [1.54, 1.807) is 37.3 Å². The van der Waals surface area contributed by atoms with E-state index >= 15 is 0 Å². The second-order valence-electron chi connectivity index (χ2n) is 8.22. The van der Waals surface area contributed by atoms with Crippen LogP contribution in [0.25, 0.3) is 11.8 Å². The topological polar surface area (TPSA) is 60.8 Å². The van der Waals surface area contributed by atoms with Crippen LogP contribution in [0.3, 0.4) is 0 Å². The van der Waals surface area contributed by atoms with Crippen molar-refractivity contribution in [3.8, 4) is 11.4 Å². The number of amides is 1. The molecule has 0 N–H and O–H groups in total. The normalized spacial score (nSPS) is 14.7. The highest BCUT2D eigenvalue weighted by molar-refractivity contribution is 6.31. The summed E-state index contributed by atoms with van der Waals surface area (Å²) in [5.74, 6) is -0.0648. The molecule has 1 aromatic heterocycles. The van der Waals surface area contributed by atoms with Crippen molar-refractivity contribution in [1.82, 2.24) is 4.57 Å². The molecule has 7 heteroatoms. The van der Waals surface area contributed by atoms with E-state index in [2.05, 4.69) is 4.57 Å². The molecule has 3 aromatic rings. The van der Waals surface area contributed by atoms with E-state index in [9.17, 15) is 9.59 Å². The van der Waals surface area contributed by atoms with Gasteiger partial charge in [0.2, 0.25) is 0 Å². The maximum Gasteiger partial charge on any atom is 0.340 e. The van der Waals surface area contributed by atoms with E-state index in [0.29, 0.717) is 23.0 Å². The average molecular weight is 491 g/mol. The number of halogens is 1. The Balaban J connectivity index is 1.80. The van der Waals surface area contributed by atoms with Crippen LogP contribution in [-0.2, 0) is 14.3 Å². The number of hydrogen-bond donors (Lipinski definition) is 0. The van der Waals surface area contributed by atoms with Crippen molar-refractivity contribution in [3.05, 3.63) is 93.4 Å². The van der Waals surface area contributed by atoms with Crippen LogP contribution in [-0.4, -0.2) is 30.2 Å². The van der Waals surface area contributed by atoms with Crippen LogP contribution in [0.5, 0.6) is 5.75 Å². The standard InChI is InChI=1S/C28H27ClN2O4/c1-6-35-24-12-10-22(11-13-24)30-17(2)14-20(18(30)3)15-25-26(28(33)34-5)19(4)31(27(25)32)23-9-7-8-21(29)16-23/h7-16H,6H2,1-5H3/b25-15-. The number of hydrogen-bond acceptors (Lipinski definition) is 4. The molecule has 35 heavy (non-hydrogen) atoms. The molecular formula is C28H27ClN2O4. The summed E-state index contributed by atoms with van der Waals surface area (Å²) in [5, 5.41) is 0.499. The van der Waals surface area contributed by atoms with Gasteiger partial charge in [0.15, 0.2) is 0 Å². The molecule has 0 bridgehead atoms. The number of ether oxygens (including phenoxy) is 2. The SMILES string of the molecule is CCOc1ccc(-n2c(C)cc(/C=C3\C(=O)N(c4cccc(Cl)c4)C(C)=C3C(=O)OC)c2C)cc1. The molecule has 0 saturated heterocycles. The number of aromatic nitrogens is 1. The van der Waals surface area contributed by atoms with Gasteiger partial charge >= 0.3 is 5.97 Å². The maximum atomic E-state index is 13.6. The summed E-state index contributed by atoms with van der Waals surface area (Å²) in [5.41, 5.74) is 5.35. The van der Waals surface area contributed by atoms with E-state index in [0.717, 1.165) is 28.4 Å². The smallest absolute Gasteiger partial charge is 0.340 e. The molecule has 2 aromatic carbocycles. The van der Waals surface area contributed by atoms with Crippen LogP contribution >= 0.6 is 11.6 Å². The third kappa shape index (κ3) is 4.49. The van der Waals surface area contributed by atoms with Gasteiger partial charge in [-0.2, -0.15) is 0 Å². The van der Waals surface area contributed by atoms with Crippen molar-refractivity contribution < 1.29 is 19.1 Å². The van der Waals surface area contributed by atoms with Gasteiger partial charge in [0.05, 0.1) is 30.6 Å². The summed E-state index contributed by atoms with van der Waals surface area (Å²) in [4.78, 5) is 27.8. The van der Waals surface area contributed by atoms with Crippen molar-refractivity contribution in [2.75, 3.05) is 18.6 Å². The number of anilines is 1. The van der Waals surface area contributed by atoms with Crippen LogP contribution in [0.1, 0.15) is 30.8 Å². The first-order valence-electron chi connectivity index (χ1n) is 11.3. The van der Waals surface area contributed by atoms with Crippen molar-refractivity contribution in [3.63, 3.8) is 0 Å². The fourth-order valence-electron chi connectivity index (χ4n) is 4.45. The molecule has 1 aliphatic rings. The minimum atomic E-state index is -0.563. The van der Waals surface area contributed by atoms with Crippen molar-refractivity contribution in [1.29, 1.82) is 0 Å². The Morgan fingerprint density at radius 2 is 1.74 bits per heavy atom. The molecule has 0 unspecified atom stereocenters. The molecule has 2 heterocycles. The van der Waals surface area contributed by atoms with Crippen molar-refractivity contribution >= 4 is 35.2 Å². The fourth-order valence-corrected chi connectivity index (χ4v) is 4.64. The van der Waals surface area contributed by atoms with Gasteiger partial charge in [-0.25, -0.2) is 4.79 Å². The number of esters is 1. The first-order valence-corrected chi connectivity index (χ1v) is 11.7. The number of rotatable bonds is 6. The third-order valence-electron chi connectivity index (χ3n) is 6.03. The largest absolute Gasteiger partial charge is 0.494 e. The van der Waals surface area contributed by atoms with Crippen LogP contribution in [0.4, 0.5) is 5.69 Å². The van der Waals surface area contributed by atoms with Gasteiger partial charge in [0.1, 0.15) is 5.75 Å². The summed E-state index contributed by atoms with van der Waals surface area (Å²) in [6, 6.07) is 16.8. The molecule has 0 saturated carbocycles. The number of allylic oxidation sites excluding steroid dienone is 1. The quantitative estimate of drug-likeness (QED) is 0.313. The zero-order chi connectivity index (χ0) is 25.3.